The highest BCUT2D eigenvalue weighted by Gasteiger charge is 2.25. The standard InChI is InChI=1S/C24H31N5OS/c1-16(26)20(14-25)21(30)15-31-23-28-27-22(29(23)19-8-6-5-7-9-19)17-10-12-18(13-11-17)24(2,3)4/h10-13,19H,5-9,15,26H2,1-4H3/b20-16+. The van der Waals surface area contributed by atoms with Crippen molar-refractivity contribution in [3.8, 4) is 17.5 Å². The number of benzene rings is 1. The smallest absolute Gasteiger partial charge is 0.192 e. The monoisotopic (exact) mass is 437 g/mol. The van der Waals surface area contributed by atoms with Crippen LogP contribution in [0.4, 0.5) is 0 Å². The third kappa shape index (κ3) is 5.37. The number of Topliss-reactive ketones (excluding diaryl/α,β-unsaturated/α-hetero) is 1. The van der Waals surface area contributed by atoms with Gasteiger partial charge in [0.15, 0.2) is 16.8 Å². The van der Waals surface area contributed by atoms with Gasteiger partial charge in [0, 0.05) is 17.3 Å². The topological polar surface area (TPSA) is 97.6 Å². The summed E-state index contributed by atoms with van der Waals surface area (Å²) in [5.74, 6) is 0.681. The maximum atomic E-state index is 12.4. The molecule has 0 atom stereocenters. The zero-order valence-corrected chi connectivity index (χ0v) is 19.6. The Morgan fingerprint density at radius 3 is 2.39 bits per heavy atom. The van der Waals surface area contributed by atoms with E-state index in [1.54, 1.807) is 6.92 Å². The number of ketones is 1. The number of hydrogen-bond acceptors (Lipinski definition) is 6. The van der Waals surface area contributed by atoms with Gasteiger partial charge in [-0.2, -0.15) is 5.26 Å². The first-order chi connectivity index (χ1) is 14.7. The van der Waals surface area contributed by atoms with Crippen molar-refractivity contribution in [1.29, 1.82) is 5.26 Å². The molecule has 31 heavy (non-hydrogen) atoms. The van der Waals surface area contributed by atoms with E-state index in [1.807, 2.05) is 6.07 Å². The number of carbonyl (C=O) groups excluding carboxylic acids is 1. The van der Waals surface area contributed by atoms with E-state index in [4.69, 9.17) is 5.73 Å². The van der Waals surface area contributed by atoms with Gasteiger partial charge in [0.2, 0.25) is 0 Å². The highest BCUT2D eigenvalue weighted by molar-refractivity contribution is 7.99. The summed E-state index contributed by atoms with van der Waals surface area (Å²) in [6, 6.07) is 10.8. The Hall–Kier alpha value is -2.59. The van der Waals surface area contributed by atoms with Gasteiger partial charge >= 0.3 is 0 Å². The van der Waals surface area contributed by atoms with E-state index in [1.165, 1.54) is 36.6 Å². The normalized spacial score (nSPS) is 16.0. The molecule has 0 radical (unpaired) electrons. The van der Waals surface area contributed by atoms with E-state index in [9.17, 15) is 10.1 Å². The van der Waals surface area contributed by atoms with Gasteiger partial charge in [-0.15, -0.1) is 10.2 Å². The van der Waals surface area contributed by atoms with Crippen LogP contribution in [0.3, 0.4) is 0 Å². The van der Waals surface area contributed by atoms with Crippen molar-refractivity contribution in [2.75, 3.05) is 5.75 Å². The summed E-state index contributed by atoms with van der Waals surface area (Å²) in [5.41, 5.74) is 8.34. The number of nitrogens with two attached hydrogens (primary N) is 1. The maximum absolute atomic E-state index is 12.4. The molecule has 0 saturated heterocycles. The summed E-state index contributed by atoms with van der Waals surface area (Å²) >= 11 is 1.33. The van der Waals surface area contributed by atoms with Gasteiger partial charge in [-0.25, -0.2) is 0 Å². The number of thioether (sulfide) groups is 1. The van der Waals surface area contributed by atoms with E-state index in [0.29, 0.717) is 6.04 Å². The Morgan fingerprint density at radius 2 is 1.84 bits per heavy atom. The fraction of sp³-hybridized carbons (Fsp3) is 0.500. The average molecular weight is 438 g/mol. The molecule has 0 unspecified atom stereocenters. The van der Waals surface area contributed by atoms with E-state index < -0.39 is 0 Å². The molecule has 0 spiro atoms. The summed E-state index contributed by atoms with van der Waals surface area (Å²) in [4.78, 5) is 12.4. The van der Waals surface area contributed by atoms with Crippen molar-refractivity contribution in [2.24, 2.45) is 5.73 Å². The molecule has 1 aromatic carbocycles. The van der Waals surface area contributed by atoms with E-state index in [0.717, 1.165) is 29.4 Å². The molecular weight excluding hydrogens is 406 g/mol. The molecule has 6 nitrogen and oxygen atoms in total. The lowest BCUT2D eigenvalue weighted by Crippen LogP contribution is -2.16. The van der Waals surface area contributed by atoms with Gasteiger partial charge in [0.1, 0.15) is 11.6 Å². The van der Waals surface area contributed by atoms with Gasteiger partial charge in [0.05, 0.1) is 5.75 Å². The molecule has 1 saturated carbocycles. The molecule has 1 heterocycles. The zero-order chi connectivity index (χ0) is 22.6. The maximum Gasteiger partial charge on any atom is 0.192 e. The highest BCUT2D eigenvalue weighted by Crippen LogP contribution is 2.36. The Bertz CT molecular complexity index is 998. The van der Waals surface area contributed by atoms with Crippen molar-refractivity contribution in [3.05, 3.63) is 41.1 Å². The summed E-state index contributed by atoms with van der Waals surface area (Å²) in [6.45, 7) is 8.17. The molecule has 2 N–H and O–H groups in total. The minimum absolute atomic E-state index is 0.0224. The molecule has 1 aromatic heterocycles. The predicted molar refractivity (Wildman–Crippen MR) is 125 cm³/mol. The van der Waals surface area contributed by atoms with Crippen LogP contribution in [0.15, 0.2) is 40.7 Å². The van der Waals surface area contributed by atoms with Gasteiger partial charge in [-0.1, -0.05) is 76.1 Å². The van der Waals surface area contributed by atoms with Crippen LogP contribution in [-0.4, -0.2) is 26.3 Å². The summed E-state index contributed by atoms with van der Waals surface area (Å²) in [5, 5.41) is 18.9. The number of nitriles is 1. The minimum Gasteiger partial charge on any atom is -0.401 e. The van der Waals surface area contributed by atoms with Crippen LogP contribution in [0.25, 0.3) is 11.4 Å². The molecule has 0 aliphatic heterocycles. The lowest BCUT2D eigenvalue weighted by atomic mass is 9.86. The second-order valence-corrected chi connectivity index (χ2v) is 10.1. The Labute approximate surface area is 188 Å². The molecule has 0 amide bonds. The van der Waals surface area contributed by atoms with Crippen LogP contribution in [0.2, 0.25) is 0 Å². The highest BCUT2D eigenvalue weighted by atomic mass is 32.2. The number of rotatable bonds is 6. The Kier molecular flexibility index (Phi) is 7.22. The zero-order valence-electron chi connectivity index (χ0n) is 18.8. The lowest BCUT2D eigenvalue weighted by molar-refractivity contribution is -0.112. The molecule has 3 rings (SSSR count). The molecule has 1 aliphatic carbocycles. The largest absolute Gasteiger partial charge is 0.401 e. The predicted octanol–water partition coefficient (Wildman–Crippen LogP) is 5.17. The SMILES string of the molecule is C/C(N)=C(/C#N)C(=O)CSc1nnc(-c2ccc(C(C)(C)C)cc2)n1C1CCCCC1. The number of carbonyl (C=O) groups is 1. The second kappa shape index (κ2) is 9.69. The lowest BCUT2D eigenvalue weighted by Gasteiger charge is -2.26. The number of nitrogens with zero attached hydrogens (tertiary/aromatic N) is 4. The summed E-state index contributed by atoms with van der Waals surface area (Å²) < 4.78 is 2.20. The Balaban J connectivity index is 1.92. The van der Waals surface area contributed by atoms with Gasteiger partial charge < -0.3 is 5.73 Å². The van der Waals surface area contributed by atoms with E-state index in [-0.39, 0.29) is 28.2 Å². The molecule has 164 valence electrons. The Morgan fingerprint density at radius 1 is 1.19 bits per heavy atom. The first-order valence-electron chi connectivity index (χ1n) is 10.8. The van der Waals surface area contributed by atoms with E-state index >= 15 is 0 Å². The first-order valence-corrected chi connectivity index (χ1v) is 11.8. The molecule has 1 fully saturated rings. The molecule has 7 heteroatoms. The van der Waals surface area contributed by atoms with Crippen molar-refractivity contribution < 1.29 is 4.79 Å². The molecule has 2 aromatic rings. The second-order valence-electron chi connectivity index (χ2n) is 9.18. The van der Waals surface area contributed by atoms with Gasteiger partial charge in [-0.3, -0.25) is 9.36 Å². The number of allylic oxidation sites excluding steroid dienone is 2. The van der Waals surface area contributed by atoms with Crippen LogP contribution in [0, 0.1) is 11.3 Å². The van der Waals surface area contributed by atoms with Crippen molar-refractivity contribution in [2.45, 2.75) is 76.4 Å². The third-order valence-corrected chi connectivity index (χ3v) is 6.67. The molecule has 0 bridgehead atoms. The van der Waals surface area contributed by atoms with Crippen LogP contribution in [0.5, 0.6) is 0 Å². The quantitative estimate of drug-likeness (QED) is 0.380. The van der Waals surface area contributed by atoms with Crippen LogP contribution < -0.4 is 5.73 Å². The fourth-order valence-electron chi connectivity index (χ4n) is 3.93. The number of aromatic nitrogens is 3. The summed E-state index contributed by atoms with van der Waals surface area (Å²) in [7, 11) is 0. The summed E-state index contributed by atoms with van der Waals surface area (Å²) in [6.07, 6.45) is 5.78. The minimum atomic E-state index is -0.276. The van der Waals surface area contributed by atoms with E-state index in [2.05, 4.69) is 59.8 Å². The first kappa shape index (κ1) is 23.1. The van der Waals surface area contributed by atoms with Gasteiger partial charge in [-0.05, 0) is 30.7 Å². The van der Waals surface area contributed by atoms with Crippen molar-refractivity contribution >= 4 is 17.5 Å². The van der Waals surface area contributed by atoms with Crippen LogP contribution in [-0.2, 0) is 10.2 Å². The molecule has 1 aliphatic rings. The molecular formula is C24H31N5OS. The fourth-order valence-corrected chi connectivity index (χ4v) is 4.81. The third-order valence-electron chi connectivity index (χ3n) is 5.73. The number of hydrogen-bond donors (Lipinski definition) is 1. The van der Waals surface area contributed by atoms with Crippen molar-refractivity contribution in [3.63, 3.8) is 0 Å². The van der Waals surface area contributed by atoms with Gasteiger partial charge in [0.25, 0.3) is 0 Å². The van der Waals surface area contributed by atoms with Crippen molar-refractivity contribution in [1.82, 2.24) is 14.8 Å². The van der Waals surface area contributed by atoms with Crippen LogP contribution in [0.1, 0.15) is 71.4 Å². The average Bonchev–Trinajstić information content (AvgIpc) is 3.16. The van der Waals surface area contributed by atoms with Crippen LogP contribution >= 0.6 is 11.8 Å².